The molecule has 1 unspecified atom stereocenters. The van der Waals surface area contributed by atoms with Gasteiger partial charge in [-0.2, -0.15) is 21.6 Å². The minimum absolute atomic E-state index is 0.149. The Bertz CT molecular complexity index is 1400. The van der Waals surface area contributed by atoms with Gasteiger partial charge in [-0.05, 0) is 27.6 Å². The number of alkyl halides is 3. The highest BCUT2D eigenvalue weighted by Gasteiger charge is 2.49. The second-order valence-corrected chi connectivity index (χ2v) is 8.91. The van der Waals surface area contributed by atoms with Crippen molar-refractivity contribution in [1.82, 2.24) is 0 Å². The lowest BCUT2D eigenvalue weighted by Crippen LogP contribution is -2.28. The van der Waals surface area contributed by atoms with Crippen molar-refractivity contribution in [3.8, 4) is 16.9 Å². The molecule has 0 radical (unpaired) electrons. The summed E-state index contributed by atoms with van der Waals surface area (Å²) in [7, 11) is -7.35. The third kappa shape index (κ3) is 3.46. The minimum Gasteiger partial charge on any atom is -0.375 e. The van der Waals surface area contributed by atoms with E-state index in [4.69, 9.17) is 0 Å². The Morgan fingerprint density at radius 2 is 1.27 bits per heavy atom. The monoisotopic (exact) mass is 450 g/mol. The molecule has 4 aromatic rings. The predicted molar refractivity (Wildman–Crippen MR) is 113 cm³/mol. The first-order valence-corrected chi connectivity index (χ1v) is 11.2. The summed E-state index contributed by atoms with van der Waals surface area (Å²) in [5.41, 5.74) is -5.04. The molecule has 154 valence electrons. The zero-order valence-electron chi connectivity index (χ0n) is 15.2. The molecule has 0 saturated heterocycles. The van der Waals surface area contributed by atoms with Crippen molar-refractivity contribution in [2.75, 3.05) is 0 Å². The zero-order valence-corrected chi connectivity index (χ0v) is 17.2. The summed E-state index contributed by atoms with van der Waals surface area (Å²) in [5.74, 6) is -0.475. The van der Waals surface area contributed by atoms with Gasteiger partial charge in [0.25, 0.3) is 0 Å². The Kier molecular flexibility index (Phi) is 5.08. The Morgan fingerprint density at radius 3 is 1.83 bits per heavy atom. The summed E-state index contributed by atoms with van der Waals surface area (Å²) in [6.07, 6.45) is 0. The second kappa shape index (κ2) is 7.45. The van der Waals surface area contributed by atoms with Gasteiger partial charge in [-0.25, -0.2) is 0 Å². The molecule has 0 aliphatic carbocycles. The molecule has 0 amide bonds. The first-order valence-electron chi connectivity index (χ1n) is 8.73. The van der Waals surface area contributed by atoms with E-state index in [0.29, 0.717) is 27.0 Å². The van der Waals surface area contributed by atoms with Gasteiger partial charge in [0, 0.05) is 16.4 Å². The molecule has 4 nitrogen and oxygen atoms in total. The quantitative estimate of drug-likeness (QED) is 0.242. The topological polar surface area (TPSA) is 60.4 Å². The second-order valence-electron chi connectivity index (χ2n) is 6.51. The Morgan fingerprint density at radius 1 is 0.733 bits per heavy atom. The van der Waals surface area contributed by atoms with Gasteiger partial charge in [-0.1, -0.05) is 66.7 Å². The third-order valence-electron chi connectivity index (χ3n) is 4.71. The van der Waals surface area contributed by atoms with E-state index in [1.165, 1.54) is 12.1 Å². The number of halogens is 3. The molecular formula is C21H14F3O4PS. The van der Waals surface area contributed by atoms with Crippen LogP contribution in [0.5, 0.6) is 5.75 Å². The first-order chi connectivity index (χ1) is 14.2. The van der Waals surface area contributed by atoms with Crippen molar-refractivity contribution >= 4 is 45.4 Å². The first kappa shape index (κ1) is 20.4. The van der Waals surface area contributed by atoms with Gasteiger partial charge in [-0.3, -0.25) is 0 Å². The lowest BCUT2D eigenvalue weighted by Gasteiger charge is -2.18. The molecule has 0 aliphatic rings. The Balaban J connectivity index is 2.14. The average Bonchev–Trinajstić information content (AvgIpc) is 2.72. The fourth-order valence-electron chi connectivity index (χ4n) is 3.41. The molecule has 4 aromatic carbocycles. The molecule has 30 heavy (non-hydrogen) atoms. The number of hydrogen-bond donors (Lipinski definition) is 0. The molecule has 0 aromatic heterocycles. The molecule has 9 heteroatoms. The third-order valence-corrected chi connectivity index (χ3v) is 6.41. The standard InChI is InChI=1S/C21H14F3O4PS/c22-21(23,24)30(26,27)28-17-11-9-13-5-1-3-7-15(13)19(17)20-16-8-4-2-6-14(16)10-12-18(20)29-25/h1-12H,29H2. The minimum atomic E-state index is -5.89. The van der Waals surface area contributed by atoms with Crippen molar-refractivity contribution in [2.45, 2.75) is 5.51 Å². The van der Waals surface area contributed by atoms with Crippen LogP contribution < -0.4 is 9.49 Å². The van der Waals surface area contributed by atoms with Crippen molar-refractivity contribution < 1.29 is 30.3 Å². The van der Waals surface area contributed by atoms with E-state index in [-0.39, 0.29) is 5.56 Å². The van der Waals surface area contributed by atoms with Gasteiger partial charge in [0.15, 0.2) is 5.75 Å². The van der Waals surface area contributed by atoms with Crippen LogP contribution in [0.4, 0.5) is 13.2 Å². The highest BCUT2D eigenvalue weighted by atomic mass is 32.2. The zero-order chi connectivity index (χ0) is 21.5. The van der Waals surface area contributed by atoms with Crippen LogP contribution >= 0.6 is 8.46 Å². The molecule has 4 rings (SSSR count). The van der Waals surface area contributed by atoms with E-state index < -0.39 is 29.8 Å². The van der Waals surface area contributed by atoms with Crippen LogP contribution in [0.2, 0.25) is 0 Å². The summed E-state index contributed by atoms with van der Waals surface area (Å²) >= 11 is 0. The summed E-state index contributed by atoms with van der Waals surface area (Å²) in [4.78, 5) is 0. The maximum Gasteiger partial charge on any atom is 0.534 e. The van der Waals surface area contributed by atoms with Crippen LogP contribution in [0.15, 0.2) is 72.8 Å². The summed E-state index contributed by atoms with van der Waals surface area (Å²) in [6.45, 7) is 0. The van der Waals surface area contributed by atoms with E-state index in [2.05, 4.69) is 4.18 Å². The fraction of sp³-hybridized carbons (Fsp3) is 0.0476. The molecule has 0 fully saturated rings. The SMILES string of the molecule is O=[PH2]c1ccc2ccccc2c1-c1c(OS(=O)(=O)C(F)(F)F)ccc2ccccc12. The smallest absolute Gasteiger partial charge is 0.375 e. The van der Waals surface area contributed by atoms with Crippen LogP contribution in [0, 0.1) is 0 Å². The number of benzene rings is 4. The van der Waals surface area contributed by atoms with Crippen molar-refractivity contribution in [3.05, 3.63) is 72.8 Å². The Hall–Kier alpha value is -2.83. The van der Waals surface area contributed by atoms with Crippen LogP contribution in [0.3, 0.4) is 0 Å². The highest BCUT2D eigenvalue weighted by molar-refractivity contribution is 7.88. The molecular weight excluding hydrogens is 436 g/mol. The largest absolute Gasteiger partial charge is 0.534 e. The molecule has 0 N–H and O–H groups in total. The van der Waals surface area contributed by atoms with Gasteiger partial charge in [0.05, 0.1) is 8.46 Å². The molecule has 0 spiro atoms. The van der Waals surface area contributed by atoms with Gasteiger partial charge in [-0.15, -0.1) is 0 Å². The summed E-state index contributed by atoms with van der Waals surface area (Å²) in [6, 6.07) is 20.0. The van der Waals surface area contributed by atoms with Gasteiger partial charge in [0.2, 0.25) is 0 Å². The van der Waals surface area contributed by atoms with Crippen LogP contribution in [-0.2, 0) is 14.7 Å². The van der Waals surface area contributed by atoms with Gasteiger partial charge >= 0.3 is 15.6 Å². The summed E-state index contributed by atoms with van der Waals surface area (Å²) in [5, 5.41) is 2.95. The normalized spacial score (nSPS) is 12.8. The predicted octanol–water partition coefficient (Wildman–Crippen LogP) is 5.27. The number of rotatable bonds is 4. The number of hydrogen-bond acceptors (Lipinski definition) is 4. The van der Waals surface area contributed by atoms with E-state index in [0.717, 1.165) is 5.39 Å². The number of fused-ring (bicyclic) bond motifs is 2. The highest BCUT2D eigenvalue weighted by Crippen LogP contribution is 2.42. The van der Waals surface area contributed by atoms with Crippen molar-refractivity contribution in [3.63, 3.8) is 0 Å². The van der Waals surface area contributed by atoms with Gasteiger partial charge in [0.1, 0.15) is 0 Å². The Labute approximate surface area is 171 Å². The average molecular weight is 450 g/mol. The lowest BCUT2D eigenvalue weighted by atomic mass is 9.93. The van der Waals surface area contributed by atoms with E-state index in [1.54, 1.807) is 60.7 Å². The molecule has 1 atom stereocenters. The molecule has 0 bridgehead atoms. The van der Waals surface area contributed by atoms with Crippen LogP contribution in [0.1, 0.15) is 0 Å². The van der Waals surface area contributed by atoms with E-state index in [1.807, 2.05) is 0 Å². The van der Waals surface area contributed by atoms with E-state index >= 15 is 0 Å². The van der Waals surface area contributed by atoms with E-state index in [9.17, 15) is 26.2 Å². The summed E-state index contributed by atoms with van der Waals surface area (Å²) < 4.78 is 79.1. The van der Waals surface area contributed by atoms with Gasteiger partial charge < -0.3 is 8.75 Å². The fourth-order valence-corrected chi connectivity index (χ4v) is 4.47. The maximum atomic E-state index is 13.0. The lowest BCUT2D eigenvalue weighted by molar-refractivity contribution is -0.0499. The molecule has 0 heterocycles. The maximum absolute atomic E-state index is 13.0. The molecule has 0 saturated carbocycles. The molecule has 0 aliphatic heterocycles. The van der Waals surface area contributed by atoms with Crippen molar-refractivity contribution in [2.24, 2.45) is 0 Å². The van der Waals surface area contributed by atoms with Crippen LogP contribution in [0.25, 0.3) is 32.7 Å². The van der Waals surface area contributed by atoms with Crippen LogP contribution in [-0.4, -0.2) is 13.9 Å². The van der Waals surface area contributed by atoms with Crippen molar-refractivity contribution in [1.29, 1.82) is 0 Å².